The van der Waals surface area contributed by atoms with Crippen molar-refractivity contribution < 1.29 is 18.0 Å². The zero-order valence-corrected chi connectivity index (χ0v) is 17.0. The first-order valence-electron chi connectivity index (χ1n) is 10.0. The summed E-state index contributed by atoms with van der Waals surface area (Å²) in [4.78, 5) is 29.5. The molecule has 2 saturated heterocycles. The van der Waals surface area contributed by atoms with Crippen molar-refractivity contribution in [2.45, 2.75) is 32.5 Å². The van der Waals surface area contributed by atoms with Crippen LogP contribution in [0, 0.1) is 19.8 Å². The maximum Gasteiger partial charge on any atom is 0.416 e. The molecular formula is C20H20F3N7O. The van der Waals surface area contributed by atoms with Crippen molar-refractivity contribution >= 4 is 17.5 Å². The quantitative estimate of drug-likeness (QED) is 0.621. The molecular weight excluding hydrogens is 411 g/mol. The fourth-order valence-electron chi connectivity index (χ4n) is 4.55. The van der Waals surface area contributed by atoms with Crippen LogP contribution < -0.4 is 4.90 Å². The summed E-state index contributed by atoms with van der Waals surface area (Å²) in [5.41, 5.74) is 0.892. The molecule has 2 aliphatic rings. The lowest BCUT2D eigenvalue weighted by Gasteiger charge is -2.24. The molecule has 2 unspecified atom stereocenters. The summed E-state index contributed by atoms with van der Waals surface area (Å²) >= 11 is 0. The van der Waals surface area contributed by atoms with Gasteiger partial charge in [-0.1, -0.05) is 0 Å². The number of likely N-dealkylation sites (tertiary alicyclic amines) is 1. The second-order valence-corrected chi connectivity index (χ2v) is 8.11. The summed E-state index contributed by atoms with van der Waals surface area (Å²) < 4.78 is 40.7. The van der Waals surface area contributed by atoms with Gasteiger partial charge in [0.05, 0.1) is 11.6 Å². The third-order valence-electron chi connectivity index (χ3n) is 6.01. The second kappa shape index (κ2) is 6.89. The number of nitrogens with zero attached hydrogens (tertiary/aromatic N) is 7. The molecule has 0 radical (unpaired) electrons. The Kier molecular flexibility index (Phi) is 4.38. The number of anilines is 1. The number of aromatic nitrogens is 5. The fourth-order valence-corrected chi connectivity index (χ4v) is 4.55. The van der Waals surface area contributed by atoms with Crippen LogP contribution >= 0.6 is 0 Å². The first-order valence-corrected chi connectivity index (χ1v) is 10.0. The summed E-state index contributed by atoms with van der Waals surface area (Å²) in [5, 5.41) is 4.33. The van der Waals surface area contributed by atoms with Gasteiger partial charge in [0.15, 0.2) is 0 Å². The minimum absolute atomic E-state index is 0.0810. The Balaban J connectivity index is 1.38. The number of alkyl halides is 3. The third-order valence-corrected chi connectivity index (χ3v) is 6.01. The maximum atomic E-state index is 13.2. The molecule has 5 heterocycles. The van der Waals surface area contributed by atoms with E-state index in [9.17, 15) is 18.0 Å². The number of amides is 1. The Hall–Kier alpha value is -3.24. The van der Waals surface area contributed by atoms with Gasteiger partial charge >= 0.3 is 6.18 Å². The molecule has 3 aromatic rings. The normalized spacial score (nSPS) is 21.2. The summed E-state index contributed by atoms with van der Waals surface area (Å²) in [7, 11) is 0. The van der Waals surface area contributed by atoms with Gasteiger partial charge in [0.2, 0.25) is 5.82 Å². The molecule has 0 N–H and O–H groups in total. The van der Waals surface area contributed by atoms with E-state index < -0.39 is 11.7 Å². The lowest BCUT2D eigenvalue weighted by molar-refractivity contribution is -0.137. The monoisotopic (exact) mass is 431 g/mol. The molecule has 0 spiro atoms. The minimum atomic E-state index is -4.42. The van der Waals surface area contributed by atoms with E-state index in [0.29, 0.717) is 25.4 Å². The van der Waals surface area contributed by atoms with Crippen LogP contribution in [0.3, 0.4) is 0 Å². The molecule has 1 amide bonds. The Morgan fingerprint density at radius 1 is 1.16 bits per heavy atom. The number of rotatable bonds is 2. The van der Waals surface area contributed by atoms with Gasteiger partial charge in [0.1, 0.15) is 5.82 Å². The van der Waals surface area contributed by atoms with E-state index in [1.54, 1.807) is 9.42 Å². The third kappa shape index (κ3) is 3.37. The molecule has 0 aliphatic carbocycles. The molecule has 31 heavy (non-hydrogen) atoms. The average Bonchev–Trinajstić information content (AvgIpc) is 3.40. The Labute approximate surface area is 175 Å². The number of carbonyl (C=O) groups excluding carboxylic acids is 1. The highest BCUT2D eigenvalue weighted by Crippen LogP contribution is 2.36. The number of pyridine rings is 1. The minimum Gasteiger partial charge on any atom is -0.354 e. The van der Waals surface area contributed by atoms with E-state index >= 15 is 0 Å². The van der Waals surface area contributed by atoms with Crippen LogP contribution in [0.1, 0.15) is 34.0 Å². The van der Waals surface area contributed by atoms with Crippen molar-refractivity contribution in [1.29, 1.82) is 0 Å². The van der Waals surface area contributed by atoms with Gasteiger partial charge in [-0.25, -0.2) is 14.5 Å². The van der Waals surface area contributed by atoms with Crippen LogP contribution in [0.2, 0.25) is 0 Å². The van der Waals surface area contributed by atoms with Crippen LogP contribution in [0.5, 0.6) is 0 Å². The lowest BCUT2D eigenvalue weighted by atomic mass is 10.1. The van der Waals surface area contributed by atoms with Gasteiger partial charge in [-0.2, -0.15) is 18.2 Å². The average molecular weight is 431 g/mol. The Morgan fingerprint density at radius 3 is 2.74 bits per heavy atom. The smallest absolute Gasteiger partial charge is 0.354 e. The molecule has 11 heteroatoms. The van der Waals surface area contributed by atoms with Gasteiger partial charge in [-0.05, 0) is 38.5 Å². The molecule has 3 aromatic heterocycles. The van der Waals surface area contributed by atoms with Crippen molar-refractivity contribution in [2.75, 3.05) is 24.5 Å². The molecule has 0 aromatic carbocycles. The Morgan fingerprint density at radius 2 is 1.97 bits per heavy atom. The molecule has 2 fully saturated rings. The van der Waals surface area contributed by atoms with Gasteiger partial charge < -0.3 is 9.80 Å². The van der Waals surface area contributed by atoms with Gasteiger partial charge in [0, 0.05) is 43.1 Å². The van der Waals surface area contributed by atoms with Crippen molar-refractivity contribution in [3.8, 4) is 0 Å². The van der Waals surface area contributed by atoms with Crippen LogP contribution in [0.15, 0.2) is 24.4 Å². The molecule has 2 atom stereocenters. The number of halogens is 3. The van der Waals surface area contributed by atoms with E-state index in [4.69, 9.17) is 0 Å². The first kappa shape index (κ1) is 19.7. The summed E-state index contributed by atoms with van der Waals surface area (Å²) in [5.74, 6) is 0.612. The predicted octanol–water partition coefficient (Wildman–Crippen LogP) is 2.51. The number of aryl methyl sites for hydroxylation is 2. The standard InChI is InChI=1S/C20H20F3N7O/c1-11-7-12(2)30-19(25-11)26-17(27-30)18(31)29-6-4-13-9-28(10-15(13)29)16-8-14(3-5-24-16)20(21,22)23/h3,5,7-8,13,15H,4,6,9-10H2,1-2H3. The molecule has 162 valence electrons. The van der Waals surface area contributed by atoms with E-state index in [-0.39, 0.29) is 29.5 Å². The topological polar surface area (TPSA) is 79.5 Å². The number of hydrogen-bond acceptors (Lipinski definition) is 6. The molecule has 2 aliphatic heterocycles. The molecule has 8 nitrogen and oxygen atoms in total. The Bertz CT molecular complexity index is 1180. The number of carbonyl (C=O) groups is 1. The van der Waals surface area contributed by atoms with Gasteiger partial charge in [0.25, 0.3) is 11.7 Å². The second-order valence-electron chi connectivity index (χ2n) is 8.11. The van der Waals surface area contributed by atoms with E-state index in [1.807, 2.05) is 24.8 Å². The highest BCUT2D eigenvalue weighted by molar-refractivity contribution is 5.91. The van der Waals surface area contributed by atoms with Crippen molar-refractivity contribution in [3.05, 3.63) is 47.2 Å². The number of hydrogen-bond donors (Lipinski definition) is 0. The van der Waals surface area contributed by atoms with Crippen molar-refractivity contribution in [2.24, 2.45) is 5.92 Å². The highest BCUT2D eigenvalue weighted by atomic mass is 19.4. The highest BCUT2D eigenvalue weighted by Gasteiger charge is 2.45. The fraction of sp³-hybridized carbons (Fsp3) is 0.450. The predicted molar refractivity (Wildman–Crippen MR) is 105 cm³/mol. The zero-order chi connectivity index (χ0) is 21.9. The molecule has 0 bridgehead atoms. The summed E-state index contributed by atoms with van der Waals surface area (Å²) in [6.45, 7) is 5.27. The SMILES string of the molecule is Cc1cc(C)n2nc(C(=O)N3CCC4CN(c5cc(C(F)(F)F)ccn5)CC43)nc2n1. The largest absolute Gasteiger partial charge is 0.416 e. The van der Waals surface area contributed by atoms with E-state index in [2.05, 4.69) is 20.1 Å². The van der Waals surface area contributed by atoms with Crippen molar-refractivity contribution in [1.82, 2.24) is 29.5 Å². The molecule has 0 saturated carbocycles. The maximum absolute atomic E-state index is 13.2. The lowest BCUT2D eigenvalue weighted by Crippen LogP contribution is -2.40. The summed E-state index contributed by atoms with van der Waals surface area (Å²) in [6, 6.07) is 3.77. The van der Waals surface area contributed by atoms with Crippen molar-refractivity contribution in [3.63, 3.8) is 0 Å². The van der Waals surface area contributed by atoms with Crippen LogP contribution in [0.4, 0.5) is 19.0 Å². The number of fused-ring (bicyclic) bond motifs is 2. The van der Waals surface area contributed by atoms with Crippen LogP contribution in [-0.2, 0) is 6.18 Å². The van der Waals surface area contributed by atoms with Crippen LogP contribution in [0.25, 0.3) is 5.78 Å². The first-order chi connectivity index (χ1) is 14.7. The molecule has 5 rings (SSSR count). The van der Waals surface area contributed by atoms with E-state index in [0.717, 1.165) is 29.9 Å². The van der Waals surface area contributed by atoms with Crippen LogP contribution in [-0.4, -0.2) is 61.0 Å². The zero-order valence-electron chi connectivity index (χ0n) is 17.0. The van der Waals surface area contributed by atoms with Gasteiger partial charge in [-0.3, -0.25) is 4.79 Å². The van der Waals surface area contributed by atoms with Gasteiger partial charge in [-0.15, -0.1) is 5.10 Å². The van der Waals surface area contributed by atoms with E-state index in [1.165, 1.54) is 6.20 Å². The summed E-state index contributed by atoms with van der Waals surface area (Å²) in [6.07, 6.45) is -2.47.